The molecule has 1 fully saturated rings. The van der Waals surface area contributed by atoms with Crippen molar-refractivity contribution in [3.05, 3.63) is 52.1 Å². The molecular weight excluding hydrogens is 426 g/mol. The first-order valence-electron chi connectivity index (χ1n) is 7.83. The second-order valence-electron chi connectivity index (χ2n) is 5.72. The molecule has 1 atom stereocenters. The van der Waals surface area contributed by atoms with E-state index in [1.54, 1.807) is 30.3 Å². The summed E-state index contributed by atoms with van der Waals surface area (Å²) in [5.41, 5.74) is 0.757. The highest BCUT2D eigenvalue weighted by Crippen LogP contribution is 2.35. The van der Waals surface area contributed by atoms with Crippen LogP contribution >= 0.6 is 35.6 Å². The Hall–Kier alpha value is -2.62. The molecule has 7 nitrogen and oxygen atoms in total. The van der Waals surface area contributed by atoms with Gasteiger partial charge in [0.05, 0.1) is 11.3 Å². The Labute approximate surface area is 173 Å². The molecule has 28 heavy (non-hydrogen) atoms. The first kappa shape index (κ1) is 20.1. The van der Waals surface area contributed by atoms with Crippen LogP contribution in [0, 0.1) is 0 Å². The molecule has 2 heterocycles. The molecule has 2 aromatic rings. The van der Waals surface area contributed by atoms with Gasteiger partial charge in [0.1, 0.15) is 21.9 Å². The number of thioether (sulfide) groups is 1. The Balaban J connectivity index is 1.86. The lowest BCUT2D eigenvalue weighted by molar-refractivity contribution is -0.150. The molecule has 0 bridgehead atoms. The monoisotopic (exact) mass is 437 g/mol. The van der Waals surface area contributed by atoms with Crippen LogP contribution in [0.15, 0.2) is 45.7 Å². The molecule has 1 aromatic carbocycles. The third-order valence-corrected chi connectivity index (χ3v) is 5.36. The molecule has 1 saturated heterocycles. The van der Waals surface area contributed by atoms with Crippen molar-refractivity contribution in [2.45, 2.75) is 12.5 Å². The number of carboxylic acids is 2. The summed E-state index contributed by atoms with van der Waals surface area (Å²) in [4.78, 5) is 35.9. The van der Waals surface area contributed by atoms with E-state index in [0.29, 0.717) is 16.5 Å². The molecule has 3 rings (SSSR count). The first-order chi connectivity index (χ1) is 13.3. The maximum Gasteiger partial charge on any atom is 0.327 e. The van der Waals surface area contributed by atoms with Crippen LogP contribution in [0.3, 0.4) is 0 Å². The summed E-state index contributed by atoms with van der Waals surface area (Å²) in [5.74, 6) is -2.56. The number of furan rings is 1. The van der Waals surface area contributed by atoms with E-state index < -0.39 is 30.3 Å². The van der Waals surface area contributed by atoms with E-state index in [2.05, 4.69) is 0 Å². The average Bonchev–Trinajstić information content (AvgIpc) is 3.18. The molecule has 0 aliphatic carbocycles. The fraction of sp³-hybridized carbons (Fsp3) is 0.111. The van der Waals surface area contributed by atoms with Gasteiger partial charge in [-0.05, 0) is 24.3 Å². The maximum atomic E-state index is 12.6. The third-order valence-electron chi connectivity index (χ3n) is 3.80. The normalized spacial score (nSPS) is 16.6. The summed E-state index contributed by atoms with van der Waals surface area (Å²) in [6, 6.07) is 8.84. The Morgan fingerprint density at radius 2 is 2.04 bits per heavy atom. The number of carbonyl (C=O) groups is 3. The molecule has 0 saturated carbocycles. The van der Waals surface area contributed by atoms with Gasteiger partial charge >= 0.3 is 11.9 Å². The maximum absolute atomic E-state index is 12.6. The predicted octanol–water partition coefficient (Wildman–Crippen LogP) is 3.73. The van der Waals surface area contributed by atoms with E-state index in [0.717, 1.165) is 22.2 Å². The van der Waals surface area contributed by atoms with Crippen LogP contribution in [0.1, 0.15) is 12.2 Å². The third kappa shape index (κ3) is 4.27. The van der Waals surface area contributed by atoms with Gasteiger partial charge in [0.2, 0.25) is 0 Å². The number of nitrogens with zero attached hydrogens (tertiary/aromatic N) is 1. The highest BCUT2D eigenvalue weighted by atomic mass is 35.5. The van der Waals surface area contributed by atoms with Crippen LogP contribution in [0.2, 0.25) is 5.02 Å². The van der Waals surface area contributed by atoms with Crippen LogP contribution < -0.4 is 0 Å². The van der Waals surface area contributed by atoms with E-state index in [9.17, 15) is 19.5 Å². The number of hydrogen-bond acceptors (Lipinski definition) is 6. The van der Waals surface area contributed by atoms with Crippen LogP contribution in [0.4, 0.5) is 0 Å². The standard InChI is InChI=1S/C18H12ClNO6S2/c19-10-3-1-2-9(6-10)13-5-4-11(26-13)7-14-16(23)20(18(27)28-14)12(17(24)25)8-15(21)22/h1-7,12H,8H2,(H,21,22)(H,24,25)/b14-7+/t12-/m0/s1. The van der Waals surface area contributed by atoms with E-state index in [-0.39, 0.29) is 9.23 Å². The Morgan fingerprint density at radius 1 is 1.29 bits per heavy atom. The van der Waals surface area contributed by atoms with Gasteiger partial charge in [-0.3, -0.25) is 14.5 Å². The van der Waals surface area contributed by atoms with Crippen LogP contribution in [0.5, 0.6) is 0 Å². The number of benzene rings is 1. The van der Waals surface area contributed by atoms with Crippen LogP contribution in [0.25, 0.3) is 17.4 Å². The molecule has 0 unspecified atom stereocenters. The van der Waals surface area contributed by atoms with E-state index in [1.807, 2.05) is 6.07 Å². The van der Waals surface area contributed by atoms with Crippen LogP contribution in [-0.2, 0) is 14.4 Å². The van der Waals surface area contributed by atoms with Gasteiger partial charge in [0, 0.05) is 16.7 Å². The van der Waals surface area contributed by atoms with Gasteiger partial charge in [-0.25, -0.2) is 4.79 Å². The minimum absolute atomic E-state index is 0.0217. The number of hydrogen-bond donors (Lipinski definition) is 2. The lowest BCUT2D eigenvalue weighted by Crippen LogP contribution is -2.45. The zero-order valence-corrected chi connectivity index (χ0v) is 16.4. The average molecular weight is 438 g/mol. The summed E-state index contributed by atoms with van der Waals surface area (Å²) in [6.07, 6.45) is 0.682. The SMILES string of the molecule is O=C(O)C[C@@H](C(=O)O)N1C(=O)/C(=C\c2ccc(-c3cccc(Cl)c3)o2)SC1=S. The molecule has 0 radical (unpaired) electrons. The molecule has 1 aliphatic rings. The lowest BCUT2D eigenvalue weighted by atomic mass is 10.2. The van der Waals surface area contributed by atoms with Crippen molar-refractivity contribution in [1.82, 2.24) is 4.90 Å². The zero-order valence-electron chi connectivity index (χ0n) is 14.0. The number of rotatable bonds is 6. The predicted molar refractivity (Wildman–Crippen MR) is 108 cm³/mol. The quantitative estimate of drug-likeness (QED) is 0.520. The molecule has 10 heteroatoms. The van der Waals surface area contributed by atoms with Gasteiger partial charge < -0.3 is 14.6 Å². The fourth-order valence-corrected chi connectivity index (χ4v) is 4.09. The summed E-state index contributed by atoms with van der Waals surface area (Å²) in [7, 11) is 0. The molecule has 0 spiro atoms. The number of amides is 1. The lowest BCUT2D eigenvalue weighted by Gasteiger charge is -2.21. The topological polar surface area (TPSA) is 108 Å². The van der Waals surface area contributed by atoms with Crippen molar-refractivity contribution >= 4 is 63.8 Å². The summed E-state index contributed by atoms with van der Waals surface area (Å²) in [5, 5.41) is 18.7. The highest BCUT2D eigenvalue weighted by Gasteiger charge is 2.41. The molecule has 2 N–H and O–H groups in total. The molecule has 1 aromatic heterocycles. The second kappa shape index (κ2) is 8.17. The van der Waals surface area contributed by atoms with Crippen molar-refractivity contribution < 1.29 is 29.0 Å². The summed E-state index contributed by atoms with van der Waals surface area (Å²) < 4.78 is 5.68. The first-order valence-corrected chi connectivity index (χ1v) is 9.44. The smallest absolute Gasteiger partial charge is 0.327 e. The van der Waals surface area contributed by atoms with Crippen LogP contribution in [-0.4, -0.2) is 43.3 Å². The van der Waals surface area contributed by atoms with Gasteiger partial charge in [-0.1, -0.05) is 47.7 Å². The fourth-order valence-electron chi connectivity index (χ4n) is 2.56. The number of carbonyl (C=O) groups excluding carboxylic acids is 1. The molecule has 144 valence electrons. The van der Waals surface area contributed by atoms with Crippen molar-refractivity contribution in [2.24, 2.45) is 0 Å². The zero-order chi connectivity index (χ0) is 20.4. The minimum Gasteiger partial charge on any atom is -0.481 e. The molecule has 1 amide bonds. The Bertz CT molecular complexity index is 1020. The Morgan fingerprint density at radius 3 is 2.68 bits per heavy atom. The number of carboxylic acid groups (broad SMARTS) is 2. The van der Waals surface area contributed by atoms with Crippen molar-refractivity contribution in [3.63, 3.8) is 0 Å². The minimum atomic E-state index is -1.57. The van der Waals surface area contributed by atoms with Gasteiger partial charge in [0.15, 0.2) is 0 Å². The largest absolute Gasteiger partial charge is 0.481 e. The van der Waals surface area contributed by atoms with E-state index in [4.69, 9.17) is 33.3 Å². The second-order valence-corrected chi connectivity index (χ2v) is 7.83. The van der Waals surface area contributed by atoms with Gasteiger partial charge in [-0.15, -0.1) is 0 Å². The van der Waals surface area contributed by atoms with Crippen molar-refractivity contribution in [1.29, 1.82) is 0 Å². The number of halogens is 1. The van der Waals surface area contributed by atoms with Crippen molar-refractivity contribution in [2.75, 3.05) is 0 Å². The number of thiocarbonyl (C=S) groups is 1. The van der Waals surface area contributed by atoms with Gasteiger partial charge in [-0.2, -0.15) is 0 Å². The van der Waals surface area contributed by atoms with E-state index >= 15 is 0 Å². The molecule has 1 aliphatic heterocycles. The Kier molecular flexibility index (Phi) is 5.87. The van der Waals surface area contributed by atoms with Gasteiger partial charge in [0.25, 0.3) is 5.91 Å². The van der Waals surface area contributed by atoms with Crippen molar-refractivity contribution in [3.8, 4) is 11.3 Å². The molecular formula is C18H12ClNO6S2. The number of aliphatic carboxylic acids is 2. The van der Waals surface area contributed by atoms with E-state index in [1.165, 1.54) is 6.08 Å². The summed E-state index contributed by atoms with van der Waals surface area (Å²) in [6.45, 7) is 0. The summed E-state index contributed by atoms with van der Waals surface area (Å²) >= 11 is 11.9. The highest BCUT2D eigenvalue weighted by molar-refractivity contribution is 8.26.